The molecule has 0 atom stereocenters. The lowest BCUT2D eigenvalue weighted by Crippen LogP contribution is -2.25. The van der Waals surface area contributed by atoms with E-state index in [4.69, 9.17) is 11.6 Å². The molecule has 2 aromatic heterocycles. The quantitative estimate of drug-likeness (QED) is 0.783. The molecule has 1 aliphatic rings. The van der Waals surface area contributed by atoms with Gasteiger partial charge in [-0.3, -0.25) is 0 Å². The van der Waals surface area contributed by atoms with E-state index < -0.39 is 0 Å². The Morgan fingerprint density at radius 2 is 2.32 bits per heavy atom. The number of fused-ring (bicyclic) bond motifs is 1. The number of alkyl halides is 1. The minimum absolute atomic E-state index is 0.418. The Labute approximate surface area is 125 Å². The van der Waals surface area contributed by atoms with Gasteiger partial charge >= 0.3 is 0 Å². The van der Waals surface area contributed by atoms with Gasteiger partial charge in [-0.2, -0.15) is 0 Å². The summed E-state index contributed by atoms with van der Waals surface area (Å²) in [5, 5.41) is 0. The molecular formula is C13H16BrClN4. The van der Waals surface area contributed by atoms with Gasteiger partial charge in [0.2, 0.25) is 0 Å². The molecule has 0 saturated heterocycles. The predicted molar refractivity (Wildman–Crippen MR) is 80.4 cm³/mol. The lowest BCUT2D eigenvalue weighted by atomic mass is 10.4. The van der Waals surface area contributed by atoms with Crippen LogP contribution in [0.25, 0.3) is 11.2 Å². The Bertz CT molecular complexity index is 594. The molecular weight excluding hydrogens is 328 g/mol. The van der Waals surface area contributed by atoms with Crippen LogP contribution in [0.4, 0.5) is 0 Å². The first kappa shape index (κ1) is 13.3. The Kier molecular flexibility index (Phi) is 3.78. The Hall–Kier alpha value is -0.650. The maximum absolute atomic E-state index is 6.00. The number of likely N-dealkylation sites (N-methyl/N-ethyl adjacent to an activating group) is 1. The lowest BCUT2D eigenvalue weighted by molar-refractivity contribution is 0.309. The SMILES string of the molecule is CN(CCn1c(CCl)nc2cc(Br)cnc21)C1CC1. The van der Waals surface area contributed by atoms with Crippen LogP contribution in [0.3, 0.4) is 0 Å². The van der Waals surface area contributed by atoms with Crippen molar-refractivity contribution in [3.63, 3.8) is 0 Å². The topological polar surface area (TPSA) is 34.0 Å². The van der Waals surface area contributed by atoms with E-state index in [9.17, 15) is 0 Å². The number of hydrogen-bond acceptors (Lipinski definition) is 3. The molecule has 0 spiro atoms. The van der Waals surface area contributed by atoms with E-state index in [1.807, 2.05) is 12.3 Å². The van der Waals surface area contributed by atoms with E-state index in [0.29, 0.717) is 5.88 Å². The third-order valence-corrected chi connectivity index (χ3v) is 4.27. The summed E-state index contributed by atoms with van der Waals surface area (Å²) in [6, 6.07) is 2.76. The molecule has 2 aromatic rings. The van der Waals surface area contributed by atoms with Gasteiger partial charge in [-0.25, -0.2) is 9.97 Å². The summed E-state index contributed by atoms with van der Waals surface area (Å²) < 4.78 is 3.08. The van der Waals surface area contributed by atoms with Gasteiger partial charge in [-0.05, 0) is 41.9 Å². The molecule has 0 N–H and O–H groups in total. The highest BCUT2D eigenvalue weighted by molar-refractivity contribution is 9.10. The molecule has 0 aromatic carbocycles. The summed E-state index contributed by atoms with van der Waals surface area (Å²) in [6.45, 7) is 1.90. The first-order valence-electron chi connectivity index (χ1n) is 6.46. The first-order chi connectivity index (χ1) is 9.19. The van der Waals surface area contributed by atoms with E-state index in [1.165, 1.54) is 12.8 Å². The van der Waals surface area contributed by atoms with Crippen LogP contribution in [-0.2, 0) is 12.4 Å². The van der Waals surface area contributed by atoms with E-state index in [-0.39, 0.29) is 0 Å². The lowest BCUT2D eigenvalue weighted by Gasteiger charge is -2.16. The molecule has 1 saturated carbocycles. The second-order valence-corrected chi connectivity index (χ2v) is 6.20. The maximum Gasteiger partial charge on any atom is 0.160 e. The van der Waals surface area contributed by atoms with Gasteiger partial charge in [0.05, 0.1) is 5.88 Å². The number of rotatable bonds is 5. The van der Waals surface area contributed by atoms with Crippen molar-refractivity contribution in [3.05, 3.63) is 22.6 Å². The van der Waals surface area contributed by atoms with Crippen LogP contribution >= 0.6 is 27.5 Å². The standard InChI is InChI=1S/C13H16BrClN4/c1-18(10-2-3-10)4-5-19-12(7-15)17-11-6-9(14)8-16-13(11)19/h6,8,10H,2-5,7H2,1H3. The van der Waals surface area contributed by atoms with Gasteiger partial charge in [0.1, 0.15) is 11.3 Å². The van der Waals surface area contributed by atoms with Crippen molar-refractivity contribution in [2.24, 2.45) is 0 Å². The van der Waals surface area contributed by atoms with Gasteiger partial charge in [0.15, 0.2) is 5.65 Å². The van der Waals surface area contributed by atoms with E-state index in [1.54, 1.807) is 0 Å². The molecule has 102 valence electrons. The Morgan fingerprint density at radius 1 is 1.53 bits per heavy atom. The fourth-order valence-corrected chi connectivity index (χ4v) is 2.85. The summed E-state index contributed by atoms with van der Waals surface area (Å²) in [5.74, 6) is 1.31. The first-order valence-corrected chi connectivity index (χ1v) is 7.78. The monoisotopic (exact) mass is 342 g/mol. The van der Waals surface area contributed by atoms with Crippen molar-refractivity contribution in [1.82, 2.24) is 19.4 Å². The zero-order valence-electron chi connectivity index (χ0n) is 10.8. The van der Waals surface area contributed by atoms with Gasteiger partial charge in [-0.1, -0.05) is 0 Å². The van der Waals surface area contributed by atoms with Crippen LogP contribution in [0.5, 0.6) is 0 Å². The third kappa shape index (κ3) is 2.78. The van der Waals surface area contributed by atoms with Crippen LogP contribution in [0.1, 0.15) is 18.7 Å². The third-order valence-electron chi connectivity index (χ3n) is 3.60. The van der Waals surface area contributed by atoms with Gasteiger partial charge in [0.25, 0.3) is 0 Å². The van der Waals surface area contributed by atoms with Crippen LogP contribution in [0.15, 0.2) is 16.7 Å². The predicted octanol–water partition coefficient (Wildman–Crippen LogP) is 3.03. The van der Waals surface area contributed by atoms with Crippen molar-refractivity contribution in [1.29, 1.82) is 0 Å². The van der Waals surface area contributed by atoms with Gasteiger partial charge < -0.3 is 9.47 Å². The molecule has 0 amide bonds. The summed E-state index contributed by atoms with van der Waals surface area (Å²) in [5.41, 5.74) is 1.82. The molecule has 4 nitrogen and oxygen atoms in total. The fraction of sp³-hybridized carbons (Fsp3) is 0.538. The molecule has 0 bridgehead atoms. The molecule has 1 fully saturated rings. The van der Waals surface area contributed by atoms with E-state index in [0.717, 1.165) is 40.6 Å². The Balaban J connectivity index is 1.87. The van der Waals surface area contributed by atoms with Crippen molar-refractivity contribution < 1.29 is 0 Å². The average molecular weight is 344 g/mol. The molecule has 3 rings (SSSR count). The van der Waals surface area contributed by atoms with Gasteiger partial charge in [-0.15, -0.1) is 11.6 Å². The number of imidazole rings is 1. The van der Waals surface area contributed by atoms with Crippen molar-refractivity contribution in [3.8, 4) is 0 Å². The minimum atomic E-state index is 0.418. The molecule has 0 radical (unpaired) electrons. The highest BCUT2D eigenvalue weighted by Gasteiger charge is 2.25. The van der Waals surface area contributed by atoms with Crippen LogP contribution in [0.2, 0.25) is 0 Å². The Morgan fingerprint density at radius 3 is 3.00 bits per heavy atom. The highest BCUT2D eigenvalue weighted by atomic mass is 79.9. The number of hydrogen-bond donors (Lipinski definition) is 0. The van der Waals surface area contributed by atoms with Crippen LogP contribution in [-0.4, -0.2) is 39.1 Å². The number of halogens is 2. The zero-order valence-corrected chi connectivity index (χ0v) is 13.2. The van der Waals surface area contributed by atoms with Crippen LogP contribution < -0.4 is 0 Å². The number of aromatic nitrogens is 3. The molecule has 1 aliphatic carbocycles. The number of nitrogens with zero attached hydrogens (tertiary/aromatic N) is 4. The summed E-state index contributed by atoms with van der Waals surface area (Å²) in [4.78, 5) is 11.4. The summed E-state index contributed by atoms with van der Waals surface area (Å²) in [6.07, 6.45) is 4.46. The van der Waals surface area contributed by atoms with E-state index >= 15 is 0 Å². The van der Waals surface area contributed by atoms with Crippen molar-refractivity contribution >= 4 is 38.7 Å². The smallest absolute Gasteiger partial charge is 0.160 e. The maximum atomic E-state index is 6.00. The van der Waals surface area contributed by atoms with Crippen molar-refractivity contribution in [2.75, 3.05) is 13.6 Å². The summed E-state index contributed by atoms with van der Waals surface area (Å²) in [7, 11) is 2.18. The normalized spacial score (nSPS) is 15.6. The molecule has 0 aliphatic heterocycles. The molecule has 2 heterocycles. The average Bonchev–Trinajstić information content (AvgIpc) is 3.18. The van der Waals surface area contributed by atoms with Gasteiger partial charge in [0, 0.05) is 29.8 Å². The molecule has 19 heavy (non-hydrogen) atoms. The minimum Gasteiger partial charge on any atom is -0.310 e. The number of pyridine rings is 1. The fourth-order valence-electron chi connectivity index (χ4n) is 2.33. The second-order valence-electron chi connectivity index (χ2n) is 5.02. The summed E-state index contributed by atoms with van der Waals surface area (Å²) >= 11 is 9.42. The van der Waals surface area contributed by atoms with E-state index in [2.05, 4.69) is 42.4 Å². The van der Waals surface area contributed by atoms with Crippen LogP contribution in [0, 0.1) is 0 Å². The largest absolute Gasteiger partial charge is 0.310 e. The zero-order chi connectivity index (χ0) is 13.4. The van der Waals surface area contributed by atoms with Crippen molar-refractivity contribution in [2.45, 2.75) is 31.3 Å². The highest BCUT2D eigenvalue weighted by Crippen LogP contribution is 2.25. The molecule has 0 unspecified atom stereocenters. The molecule has 6 heteroatoms. The second kappa shape index (κ2) is 5.38.